The van der Waals surface area contributed by atoms with E-state index in [-0.39, 0.29) is 0 Å². The molecule has 114 valence electrons. The zero-order chi connectivity index (χ0) is 14.1. The van der Waals surface area contributed by atoms with E-state index in [1.807, 2.05) is 0 Å². The Morgan fingerprint density at radius 2 is 2.05 bits per heavy atom. The molecule has 1 N–H and O–H groups in total. The molecule has 0 amide bonds. The van der Waals surface area contributed by atoms with Gasteiger partial charge in [-0.05, 0) is 57.2 Å². The monoisotopic (exact) mass is 268 g/mol. The average molecular weight is 268 g/mol. The minimum Gasteiger partial charge on any atom is -0.316 e. The fourth-order valence-electron chi connectivity index (χ4n) is 3.74. The van der Waals surface area contributed by atoms with Crippen LogP contribution in [0.2, 0.25) is 0 Å². The molecule has 1 saturated carbocycles. The van der Waals surface area contributed by atoms with Gasteiger partial charge in [0.05, 0.1) is 0 Å². The lowest BCUT2D eigenvalue weighted by Gasteiger charge is -2.43. The normalized spacial score (nSPS) is 27.9. The molecule has 0 saturated heterocycles. The summed E-state index contributed by atoms with van der Waals surface area (Å²) < 4.78 is 0. The van der Waals surface area contributed by atoms with Crippen molar-refractivity contribution in [3.8, 4) is 0 Å². The number of nitrogens with one attached hydrogen (secondary N) is 1. The molecule has 19 heavy (non-hydrogen) atoms. The Hall–Kier alpha value is -0.0800. The summed E-state index contributed by atoms with van der Waals surface area (Å²) in [5.74, 6) is 0.914. The van der Waals surface area contributed by atoms with E-state index in [9.17, 15) is 0 Å². The van der Waals surface area contributed by atoms with E-state index in [4.69, 9.17) is 0 Å². The van der Waals surface area contributed by atoms with E-state index in [0.29, 0.717) is 5.41 Å². The van der Waals surface area contributed by atoms with E-state index < -0.39 is 0 Å². The predicted octanol–water partition coefficient (Wildman–Crippen LogP) is 3.91. The molecule has 0 aliphatic heterocycles. The van der Waals surface area contributed by atoms with Crippen molar-refractivity contribution < 1.29 is 0 Å². The van der Waals surface area contributed by atoms with Crippen LogP contribution in [0.15, 0.2) is 0 Å². The Labute approximate surface area is 121 Å². The summed E-state index contributed by atoms with van der Waals surface area (Å²) >= 11 is 0. The molecule has 0 aromatic heterocycles. The number of hydrogen-bond donors (Lipinski definition) is 1. The van der Waals surface area contributed by atoms with Crippen LogP contribution in [0.25, 0.3) is 0 Å². The molecule has 1 rings (SSSR count). The first-order valence-electron chi connectivity index (χ1n) is 8.51. The highest BCUT2D eigenvalue weighted by Crippen LogP contribution is 2.39. The lowest BCUT2D eigenvalue weighted by molar-refractivity contribution is 0.0914. The standard InChI is InChI=1S/C17H36N2/c1-5-7-12-19(4)15-17(14-18-11-6-2)10-8-9-16(3)13-17/h16,18H,5-15H2,1-4H3. The maximum atomic E-state index is 3.70. The number of nitrogens with zero attached hydrogens (tertiary/aromatic N) is 1. The van der Waals surface area contributed by atoms with Crippen molar-refractivity contribution in [2.45, 2.75) is 65.7 Å². The molecule has 2 unspecified atom stereocenters. The Balaban J connectivity index is 2.52. The molecular formula is C17H36N2. The van der Waals surface area contributed by atoms with Crippen molar-refractivity contribution >= 4 is 0 Å². The quantitative estimate of drug-likeness (QED) is 0.638. The number of unbranched alkanes of at least 4 members (excludes halogenated alkanes) is 1. The van der Waals surface area contributed by atoms with Crippen molar-refractivity contribution in [3.63, 3.8) is 0 Å². The van der Waals surface area contributed by atoms with Crippen molar-refractivity contribution in [2.24, 2.45) is 11.3 Å². The van der Waals surface area contributed by atoms with Gasteiger partial charge in [0.15, 0.2) is 0 Å². The van der Waals surface area contributed by atoms with Crippen LogP contribution >= 0.6 is 0 Å². The summed E-state index contributed by atoms with van der Waals surface area (Å²) in [6.45, 7) is 11.9. The molecule has 1 aliphatic carbocycles. The van der Waals surface area contributed by atoms with Gasteiger partial charge in [0.1, 0.15) is 0 Å². The van der Waals surface area contributed by atoms with E-state index in [2.05, 4.69) is 38.0 Å². The van der Waals surface area contributed by atoms with Gasteiger partial charge in [-0.15, -0.1) is 0 Å². The average Bonchev–Trinajstić information content (AvgIpc) is 2.36. The zero-order valence-electron chi connectivity index (χ0n) is 13.8. The lowest BCUT2D eigenvalue weighted by atomic mass is 9.69. The smallest absolute Gasteiger partial charge is 0.00472 e. The number of rotatable bonds is 9. The maximum Gasteiger partial charge on any atom is 0.00472 e. The van der Waals surface area contributed by atoms with Crippen LogP contribution < -0.4 is 5.32 Å². The Kier molecular flexibility index (Phi) is 8.01. The van der Waals surface area contributed by atoms with Gasteiger partial charge < -0.3 is 10.2 Å². The molecule has 0 spiro atoms. The first kappa shape index (κ1) is 17.0. The van der Waals surface area contributed by atoms with Crippen LogP contribution in [-0.2, 0) is 0 Å². The Morgan fingerprint density at radius 3 is 2.68 bits per heavy atom. The van der Waals surface area contributed by atoms with Gasteiger partial charge in [0.25, 0.3) is 0 Å². The van der Waals surface area contributed by atoms with Crippen LogP contribution in [0, 0.1) is 11.3 Å². The van der Waals surface area contributed by atoms with E-state index in [1.54, 1.807) is 0 Å². The summed E-state index contributed by atoms with van der Waals surface area (Å²) in [4.78, 5) is 2.58. The van der Waals surface area contributed by atoms with Crippen LogP contribution in [0.4, 0.5) is 0 Å². The predicted molar refractivity (Wildman–Crippen MR) is 85.6 cm³/mol. The second-order valence-corrected chi connectivity index (χ2v) is 6.97. The SMILES string of the molecule is CCCCN(C)CC1(CNCCC)CCCC(C)C1. The minimum absolute atomic E-state index is 0.537. The van der Waals surface area contributed by atoms with Crippen molar-refractivity contribution in [1.82, 2.24) is 10.2 Å². The molecule has 1 fully saturated rings. The number of hydrogen-bond acceptors (Lipinski definition) is 2. The molecule has 0 aromatic carbocycles. The maximum absolute atomic E-state index is 3.70. The molecule has 1 aliphatic rings. The fraction of sp³-hybridized carbons (Fsp3) is 1.00. The van der Waals surface area contributed by atoms with Crippen molar-refractivity contribution in [1.29, 1.82) is 0 Å². The highest BCUT2D eigenvalue weighted by molar-refractivity contribution is 4.89. The zero-order valence-corrected chi connectivity index (χ0v) is 13.8. The van der Waals surface area contributed by atoms with E-state index >= 15 is 0 Å². The highest BCUT2D eigenvalue weighted by Gasteiger charge is 2.35. The van der Waals surface area contributed by atoms with Crippen molar-refractivity contribution in [2.75, 3.05) is 33.2 Å². The third-order valence-corrected chi connectivity index (χ3v) is 4.61. The third kappa shape index (κ3) is 6.27. The van der Waals surface area contributed by atoms with Crippen LogP contribution in [-0.4, -0.2) is 38.1 Å². The van der Waals surface area contributed by atoms with Crippen LogP contribution in [0.5, 0.6) is 0 Å². The molecule has 0 radical (unpaired) electrons. The van der Waals surface area contributed by atoms with Gasteiger partial charge in [-0.25, -0.2) is 0 Å². The molecule has 2 nitrogen and oxygen atoms in total. The fourth-order valence-corrected chi connectivity index (χ4v) is 3.74. The molecule has 0 heterocycles. The summed E-state index contributed by atoms with van der Waals surface area (Å²) in [5.41, 5.74) is 0.537. The van der Waals surface area contributed by atoms with E-state index in [1.165, 1.54) is 71.1 Å². The van der Waals surface area contributed by atoms with Crippen LogP contribution in [0.3, 0.4) is 0 Å². The van der Waals surface area contributed by atoms with E-state index in [0.717, 1.165) is 5.92 Å². The van der Waals surface area contributed by atoms with Gasteiger partial charge >= 0.3 is 0 Å². The second-order valence-electron chi connectivity index (χ2n) is 6.97. The van der Waals surface area contributed by atoms with Gasteiger partial charge in [0, 0.05) is 13.1 Å². The largest absolute Gasteiger partial charge is 0.316 e. The van der Waals surface area contributed by atoms with Gasteiger partial charge in [-0.3, -0.25) is 0 Å². The molecule has 2 heteroatoms. The summed E-state index contributed by atoms with van der Waals surface area (Å²) in [6.07, 6.45) is 9.60. The highest BCUT2D eigenvalue weighted by atomic mass is 15.1. The summed E-state index contributed by atoms with van der Waals surface area (Å²) in [6, 6.07) is 0. The van der Waals surface area contributed by atoms with Gasteiger partial charge in [-0.1, -0.05) is 40.0 Å². The first-order chi connectivity index (χ1) is 9.12. The Bertz CT molecular complexity index is 229. The molecule has 0 aromatic rings. The topological polar surface area (TPSA) is 15.3 Å². The first-order valence-corrected chi connectivity index (χ1v) is 8.51. The Morgan fingerprint density at radius 1 is 1.26 bits per heavy atom. The van der Waals surface area contributed by atoms with Crippen LogP contribution in [0.1, 0.15) is 65.7 Å². The molecular weight excluding hydrogens is 232 g/mol. The molecule has 0 bridgehead atoms. The van der Waals surface area contributed by atoms with Gasteiger partial charge in [0.2, 0.25) is 0 Å². The third-order valence-electron chi connectivity index (χ3n) is 4.61. The lowest BCUT2D eigenvalue weighted by Crippen LogP contribution is -2.46. The summed E-state index contributed by atoms with van der Waals surface area (Å²) in [5, 5.41) is 3.70. The molecule has 2 atom stereocenters. The van der Waals surface area contributed by atoms with Gasteiger partial charge in [-0.2, -0.15) is 0 Å². The minimum atomic E-state index is 0.537. The van der Waals surface area contributed by atoms with Crippen molar-refractivity contribution in [3.05, 3.63) is 0 Å². The second kappa shape index (κ2) is 8.97. The summed E-state index contributed by atoms with van der Waals surface area (Å²) in [7, 11) is 2.32.